The minimum absolute atomic E-state index is 0.214. The highest BCUT2D eigenvalue weighted by atomic mass is 16.5. The van der Waals surface area contributed by atoms with Crippen LogP contribution in [-0.2, 0) is 4.74 Å². The molecule has 0 atom stereocenters. The molecular weight excluding hydrogens is 356 g/mol. The van der Waals surface area contributed by atoms with Crippen molar-refractivity contribution in [3.63, 3.8) is 0 Å². The molecule has 2 aromatic carbocycles. The van der Waals surface area contributed by atoms with Crippen molar-refractivity contribution in [1.29, 1.82) is 0 Å². The van der Waals surface area contributed by atoms with E-state index in [9.17, 15) is 9.59 Å². The first kappa shape index (κ1) is 19.0. The normalized spacial score (nSPS) is 10.2. The lowest BCUT2D eigenvalue weighted by Gasteiger charge is -2.20. The van der Waals surface area contributed by atoms with Gasteiger partial charge in [-0.3, -0.25) is 4.79 Å². The van der Waals surface area contributed by atoms with Crippen molar-refractivity contribution in [1.82, 2.24) is 9.97 Å². The van der Waals surface area contributed by atoms with Crippen LogP contribution in [-0.4, -0.2) is 35.5 Å². The molecule has 0 saturated carbocycles. The van der Waals surface area contributed by atoms with Gasteiger partial charge >= 0.3 is 5.97 Å². The van der Waals surface area contributed by atoms with Gasteiger partial charge in [-0.15, -0.1) is 0 Å². The lowest BCUT2D eigenvalue weighted by molar-refractivity contribution is 0.0601. The monoisotopic (exact) mass is 376 g/mol. The molecule has 7 heteroatoms. The first-order valence-electron chi connectivity index (χ1n) is 8.78. The topological polar surface area (TPSA) is 84.4 Å². The van der Waals surface area contributed by atoms with Gasteiger partial charge in [-0.05, 0) is 37.3 Å². The van der Waals surface area contributed by atoms with Crippen LogP contribution in [0.15, 0.2) is 66.9 Å². The van der Waals surface area contributed by atoms with Crippen molar-refractivity contribution in [2.45, 2.75) is 6.92 Å². The number of nitrogens with zero attached hydrogens (tertiary/aromatic N) is 3. The minimum atomic E-state index is -0.475. The van der Waals surface area contributed by atoms with Gasteiger partial charge in [0, 0.05) is 18.4 Å². The van der Waals surface area contributed by atoms with E-state index in [2.05, 4.69) is 15.3 Å². The van der Waals surface area contributed by atoms with E-state index in [-0.39, 0.29) is 17.5 Å². The fraction of sp³-hybridized carbons (Fsp3) is 0.143. The Kier molecular flexibility index (Phi) is 5.96. The molecule has 0 aliphatic rings. The molecule has 0 aliphatic carbocycles. The molecule has 3 aromatic rings. The van der Waals surface area contributed by atoms with E-state index in [1.807, 2.05) is 37.3 Å². The Labute approximate surface area is 163 Å². The van der Waals surface area contributed by atoms with Crippen molar-refractivity contribution in [2.24, 2.45) is 0 Å². The average molecular weight is 376 g/mol. The summed E-state index contributed by atoms with van der Waals surface area (Å²) in [5.74, 6) is -0.497. The molecule has 0 bridgehead atoms. The highest BCUT2D eigenvalue weighted by molar-refractivity contribution is 6.05. The molecule has 1 heterocycles. The lowest BCUT2D eigenvalue weighted by atomic mass is 10.2. The van der Waals surface area contributed by atoms with E-state index in [0.717, 1.165) is 5.69 Å². The summed E-state index contributed by atoms with van der Waals surface area (Å²) in [4.78, 5) is 35.0. The summed E-state index contributed by atoms with van der Waals surface area (Å²) in [5.41, 5.74) is 1.89. The highest BCUT2D eigenvalue weighted by Crippen LogP contribution is 2.20. The Morgan fingerprint density at radius 3 is 2.46 bits per heavy atom. The summed E-state index contributed by atoms with van der Waals surface area (Å²) in [6.07, 6.45) is 1.50. The van der Waals surface area contributed by atoms with Gasteiger partial charge in [0.05, 0.1) is 18.4 Å². The van der Waals surface area contributed by atoms with Crippen LogP contribution in [0.5, 0.6) is 0 Å². The first-order chi connectivity index (χ1) is 13.6. The van der Waals surface area contributed by atoms with E-state index < -0.39 is 5.97 Å². The van der Waals surface area contributed by atoms with Gasteiger partial charge in [0.15, 0.2) is 0 Å². The minimum Gasteiger partial charge on any atom is -0.465 e. The Hall–Kier alpha value is -3.74. The molecule has 28 heavy (non-hydrogen) atoms. The van der Waals surface area contributed by atoms with Crippen molar-refractivity contribution in [2.75, 3.05) is 23.9 Å². The zero-order chi connectivity index (χ0) is 19.9. The summed E-state index contributed by atoms with van der Waals surface area (Å²) < 4.78 is 4.79. The van der Waals surface area contributed by atoms with E-state index in [4.69, 9.17) is 4.74 Å². The number of carbonyl (C=O) groups is 2. The molecule has 1 aromatic heterocycles. The van der Waals surface area contributed by atoms with Gasteiger partial charge in [-0.2, -0.15) is 0 Å². The predicted octanol–water partition coefficient (Wildman–Crippen LogP) is 3.67. The van der Waals surface area contributed by atoms with Gasteiger partial charge in [-0.25, -0.2) is 14.8 Å². The number of rotatable bonds is 6. The summed E-state index contributed by atoms with van der Waals surface area (Å²) in [6.45, 7) is 2.40. The molecule has 7 nitrogen and oxygen atoms in total. The van der Waals surface area contributed by atoms with Gasteiger partial charge in [0.2, 0.25) is 5.95 Å². The van der Waals surface area contributed by atoms with Crippen LogP contribution in [0, 0.1) is 0 Å². The predicted molar refractivity (Wildman–Crippen MR) is 107 cm³/mol. The van der Waals surface area contributed by atoms with Crippen LogP contribution < -0.4 is 10.2 Å². The molecule has 0 fully saturated rings. The van der Waals surface area contributed by atoms with Crippen LogP contribution >= 0.6 is 0 Å². The zero-order valence-electron chi connectivity index (χ0n) is 15.6. The Morgan fingerprint density at radius 2 is 1.75 bits per heavy atom. The summed E-state index contributed by atoms with van der Waals surface area (Å²) >= 11 is 0. The maximum Gasteiger partial charge on any atom is 0.339 e. The Balaban J connectivity index is 1.87. The standard InChI is InChI=1S/C21H20N4O3/c1-3-25(15-9-5-4-6-10-15)19(26)18-13-14-22-21(24-18)23-17-12-8-7-11-16(17)20(27)28-2/h4-14H,3H2,1-2H3,(H,22,23,24). The quantitative estimate of drug-likeness (QED) is 0.661. The Morgan fingerprint density at radius 1 is 1.04 bits per heavy atom. The van der Waals surface area contributed by atoms with Crippen LogP contribution in [0.1, 0.15) is 27.8 Å². The van der Waals surface area contributed by atoms with Gasteiger partial charge < -0.3 is 15.0 Å². The fourth-order valence-corrected chi connectivity index (χ4v) is 2.73. The van der Waals surface area contributed by atoms with Crippen LogP contribution in [0.4, 0.5) is 17.3 Å². The maximum absolute atomic E-state index is 12.9. The van der Waals surface area contributed by atoms with Crippen LogP contribution in [0.25, 0.3) is 0 Å². The molecule has 0 radical (unpaired) electrons. The number of hydrogen-bond acceptors (Lipinski definition) is 6. The summed E-state index contributed by atoms with van der Waals surface area (Å²) in [7, 11) is 1.32. The smallest absolute Gasteiger partial charge is 0.339 e. The van der Waals surface area contributed by atoms with Crippen LogP contribution in [0.2, 0.25) is 0 Å². The molecule has 3 rings (SSSR count). The number of nitrogens with one attached hydrogen (secondary N) is 1. The summed E-state index contributed by atoms with van der Waals surface area (Å²) in [6, 6.07) is 17.8. The van der Waals surface area contributed by atoms with Gasteiger partial charge in [-0.1, -0.05) is 30.3 Å². The fourth-order valence-electron chi connectivity index (χ4n) is 2.73. The third kappa shape index (κ3) is 4.15. The molecule has 0 aliphatic heterocycles. The molecule has 142 valence electrons. The number of hydrogen-bond donors (Lipinski definition) is 1. The molecule has 1 amide bonds. The number of ether oxygens (including phenoxy) is 1. The van der Waals surface area contributed by atoms with Crippen molar-refractivity contribution in [3.8, 4) is 0 Å². The van der Waals surface area contributed by atoms with E-state index >= 15 is 0 Å². The SMILES string of the molecule is CCN(C(=O)c1ccnc(Nc2ccccc2C(=O)OC)n1)c1ccccc1. The molecular formula is C21H20N4O3. The third-order valence-electron chi connectivity index (χ3n) is 4.08. The second-order valence-electron chi connectivity index (χ2n) is 5.81. The number of aromatic nitrogens is 2. The first-order valence-corrected chi connectivity index (χ1v) is 8.78. The number of esters is 1. The van der Waals surface area contributed by atoms with E-state index in [1.165, 1.54) is 13.3 Å². The largest absolute Gasteiger partial charge is 0.465 e. The molecule has 1 N–H and O–H groups in total. The van der Waals surface area contributed by atoms with E-state index in [0.29, 0.717) is 17.8 Å². The van der Waals surface area contributed by atoms with Crippen LogP contribution in [0.3, 0.4) is 0 Å². The van der Waals surface area contributed by atoms with Gasteiger partial charge in [0.25, 0.3) is 5.91 Å². The molecule has 0 unspecified atom stereocenters. The number of methoxy groups -OCH3 is 1. The maximum atomic E-state index is 12.9. The number of anilines is 3. The number of benzene rings is 2. The van der Waals surface area contributed by atoms with Gasteiger partial charge in [0.1, 0.15) is 5.69 Å². The zero-order valence-corrected chi connectivity index (χ0v) is 15.6. The number of carbonyl (C=O) groups excluding carboxylic acids is 2. The third-order valence-corrected chi connectivity index (χ3v) is 4.08. The van der Waals surface area contributed by atoms with Crippen molar-refractivity contribution < 1.29 is 14.3 Å². The highest BCUT2D eigenvalue weighted by Gasteiger charge is 2.18. The second-order valence-corrected chi connectivity index (χ2v) is 5.81. The number of para-hydroxylation sites is 2. The second kappa shape index (κ2) is 8.77. The van der Waals surface area contributed by atoms with Crippen molar-refractivity contribution in [3.05, 3.63) is 78.1 Å². The van der Waals surface area contributed by atoms with Crippen molar-refractivity contribution >= 4 is 29.2 Å². The summed E-state index contributed by atoms with van der Waals surface area (Å²) in [5, 5.41) is 2.99. The number of amides is 1. The van der Waals surface area contributed by atoms with E-state index in [1.54, 1.807) is 35.2 Å². The lowest BCUT2D eigenvalue weighted by Crippen LogP contribution is -2.31. The Bertz CT molecular complexity index is 976. The average Bonchev–Trinajstić information content (AvgIpc) is 2.75. The molecule has 0 spiro atoms. The molecule has 0 saturated heterocycles.